The number of hydrogen-bond acceptors (Lipinski definition) is 3. The molecule has 0 aliphatic carbocycles. The second-order valence-corrected chi connectivity index (χ2v) is 8.26. The lowest BCUT2D eigenvalue weighted by molar-refractivity contribution is 0.0929. The van der Waals surface area contributed by atoms with E-state index < -0.39 is 0 Å². The van der Waals surface area contributed by atoms with Crippen LogP contribution in [0, 0.1) is 19.8 Å². The number of nitrogens with one attached hydrogen (secondary N) is 1. The average Bonchev–Trinajstić information content (AvgIpc) is 2.73. The minimum absolute atomic E-state index is 0.0152. The van der Waals surface area contributed by atoms with Gasteiger partial charge in [-0.15, -0.1) is 0 Å². The van der Waals surface area contributed by atoms with Crippen molar-refractivity contribution in [1.82, 2.24) is 15.2 Å². The molecule has 2 aromatic carbocycles. The third-order valence-corrected chi connectivity index (χ3v) is 5.81. The molecule has 4 rings (SSSR count). The Morgan fingerprint density at radius 3 is 2.79 bits per heavy atom. The smallest absolute Gasteiger partial charge is 0.253 e. The largest absolute Gasteiger partial charge is 0.352 e. The normalized spacial score (nSPS) is 17.4. The molecule has 0 spiro atoms. The maximum atomic E-state index is 12.8. The van der Waals surface area contributed by atoms with Crippen LogP contribution in [-0.2, 0) is 6.54 Å². The summed E-state index contributed by atoms with van der Waals surface area (Å²) in [5.41, 5.74) is 4.93. The van der Waals surface area contributed by atoms with Crippen molar-refractivity contribution in [2.75, 3.05) is 19.6 Å². The predicted molar refractivity (Wildman–Crippen MR) is 118 cm³/mol. The van der Waals surface area contributed by atoms with Gasteiger partial charge in [-0.3, -0.25) is 14.7 Å². The summed E-state index contributed by atoms with van der Waals surface area (Å²) in [6.07, 6.45) is 2.35. The first-order valence-corrected chi connectivity index (χ1v) is 10.5. The molecule has 2 heterocycles. The second kappa shape index (κ2) is 8.75. The van der Waals surface area contributed by atoms with E-state index in [0.717, 1.165) is 42.8 Å². The summed E-state index contributed by atoms with van der Waals surface area (Å²) in [4.78, 5) is 20.0. The van der Waals surface area contributed by atoms with Gasteiger partial charge in [0.1, 0.15) is 0 Å². The van der Waals surface area contributed by atoms with Crippen molar-refractivity contribution >= 4 is 16.8 Å². The second-order valence-electron chi connectivity index (χ2n) is 8.26. The summed E-state index contributed by atoms with van der Waals surface area (Å²) >= 11 is 0. The fourth-order valence-electron chi connectivity index (χ4n) is 4.26. The first kappa shape index (κ1) is 19.6. The Labute approximate surface area is 173 Å². The van der Waals surface area contributed by atoms with Gasteiger partial charge in [0.25, 0.3) is 5.91 Å². The molecule has 1 amide bonds. The highest BCUT2D eigenvalue weighted by molar-refractivity contribution is 5.98. The van der Waals surface area contributed by atoms with E-state index >= 15 is 0 Å². The zero-order valence-electron chi connectivity index (χ0n) is 17.3. The van der Waals surface area contributed by atoms with E-state index in [0.29, 0.717) is 11.5 Å². The minimum atomic E-state index is -0.0152. The molecule has 4 nitrogen and oxygen atoms in total. The maximum absolute atomic E-state index is 12.8. The van der Waals surface area contributed by atoms with Crippen LogP contribution in [0.15, 0.2) is 54.6 Å². The maximum Gasteiger partial charge on any atom is 0.253 e. The molecule has 4 heteroatoms. The summed E-state index contributed by atoms with van der Waals surface area (Å²) in [6.45, 7) is 7.84. The van der Waals surface area contributed by atoms with Crippen molar-refractivity contribution < 1.29 is 4.79 Å². The standard InChI is InChI=1S/C25H29N3O/c1-18-10-11-24-22(13-18)14-23(19(2)27-24)25(29)26-15-21-9-6-12-28(17-21)16-20-7-4-3-5-8-20/h3-5,7-8,10-11,13-14,21H,6,9,12,15-17H2,1-2H3,(H,26,29). The lowest BCUT2D eigenvalue weighted by Gasteiger charge is -2.32. The van der Waals surface area contributed by atoms with Gasteiger partial charge in [0.05, 0.1) is 16.8 Å². The lowest BCUT2D eigenvalue weighted by atomic mass is 9.97. The number of aryl methyl sites for hydroxylation is 2. The molecule has 1 N–H and O–H groups in total. The first-order valence-electron chi connectivity index (χ1n) is 10.5. The summed E-state index contributed by atoms with van der Waals surface area (Å²) in [6, 6.07) is 18.7. The van der Waals surface area contributed by atoms with Gasteiger partial charge in [-0.05, 0) is 62.9 Å². The first-order chi connectivity index (χ1) is 14.1. The molecule has 1 fully saturated rings. The number of likely N-dealkylation sites (tertiary alicyclic amines) is 1. The van der Waals surface area contributed by atoms with Crippen LogP contribution in [0.1, 0.15) is 40.0 Å². The highest BCUT2D eigenvalue weighted by Crippen LogP contribution is 2.20. The molecule has 1 aliphatic rings. The molecule has 1 aromatic heterocycles. The van der Waals surface area contributed by atoms with Crippen LogP contribution in [0.4, 0.5) is 0 Å². The number of piperidine rings is 1. The lowest BCUT2D eigenvalue weighted by Crippen LogP contribution is -2.40. The zero-order valence-corrected chi connectivity index (χ0v) is 17.3. The Hall–Kier alpha value is -2.72. The predicted octanol–water partition coefficient (Wildman–Crippen LogP) is 4.49. The molecule has 1 saturated heterocycles. The number of aromatic nitrogens is 1. The van der Waals surface area contributed by atoms with Gasteiger partial charge in [-0.2, -0.15) is 0 Å². The van der Waals surface area contributed by atoms with E-state index in [9.17, 15) is 4.79 Å². The highest BCUT2D eigenvalue weighted by Gasteiger charge is 2.21. The molecule has 0 saturated carbocycles. The number of fused-ring (bicyclic) bond motifs is 1. The Morgan fingerprint density at radius 1 is 1.14 bits per heavy atom. The van der Waals surface area contributed by atoms with Crippen LogP contribution in [0.3, 0.4) is 0 Å². The number of pyridine rings is 1. The number of carbonyl (C=O) groups is 1. The summed E-state index contributed by atoms with van der Waals surface area (Å²) < 4.78 is 0. The van der Waals surface area contributed by atoms with E-state index in [-0.39, 0.29) is 5.91 Å². The number of carbonyl (C=O) groups excluding carboxylic acids is 1. The highest BCUT2D eigenvalue weighted by atomic mass is 16.1. The van der Waals surface area contributed by atoms with E-state index in [1.165, 1.54) is 24.0 Å². The van der Waals surface area contributed by atoms with Gasteiger partial charge in [0, 0.05) is 25.0 Å². The quantitative estimate of drug-likeness (QED) is 0.701. The van der Waals surface area contributed by atoms with Crippen LogP contribution in [0.5, 0.6) is 0 Å². The van der Waals surface area contributed by atoms with Crippen molar-refractivity contribution in [3.05, 3.63) is 77.0 Å². The van der Waals surface area contributed by atoms with Crippen LogP contribution in [-0.4, -0.2) is 35.4 Å². The third-order valence-electron chi connectivity index (χ3n) is 5.81. The van der Waals surface area contributed by atoms with Crippen molar-refractivity contribution in [3.8, 4) is 0 Å². The Morgan fingerprint density at radius 2 is 1.97 bits per heavy atom. The van der Waals surface area contributed by atoms with E-state index in [2.05, 4.69) is 64.6 Å². The van der Waals surface area contributed by atoms with Crippen LogP contribution >= 0.6 is 0 Å². The molecular weight excluding hydrogens is 358 g/mol. The van der Waals surface area contributed by atoms with Gasteiger partial charge in [0.2, 0.25) is 0 Å². The molecular formula is C25H29N3O. The van der Waals surface area contributed by atoms with Crippen molar-refractivity contribution in [1.29, 1.82) is 0 Å². The Bertz CT molecular complexity index is 1000. The minimum Gasteiger partial charge on any atom is -0.352 e. The van der Waals surface area contributed by atoms with Gasteiger partial charge >= 0.3 is 0 Å². The van der Waals surface area contributed by atoms with Gasteiger partial charge in [-0.1, -0.05) is 42.0 Å². The molecule has 1 atom stereocenters. The molecule has 0 radical (unpaired) electrons. The van der Waals surface area contributed by atoms with Crippen LogP contribution in [0.25, 0.3) is 10.9 Å². The van der Waals surface area contributed by atoms with Gasteiger partial charge in [-0.25, -0.2) is 0 Å². The fraction of sp³-hybridized carbons (Fsp3) is 0.360. The molecule has 1 unspecified atom stereocenters. The summed E-state index contributed by atoms with van der Waals surface area (Å²) in [5.74, 6) is 0.478. The third kappa shape index (κ3) is 4.83. The number of nitrogens with zero attached hydrogens (tertiary/aromatic N) is 2. The molecule has 3 aromatic rings. The topological polar surface area (TPSA) is 45.2 Å². The molecule has 0 bridgehead atoms. The molecule has 29 heavy (non-hydrogen) atoms. The van der Waals surface area contributed by atoms with Crippen molar-refractivity contribution in [2.24, 2.45) is 5.92 Å². The van der Waals surface area contributed by atoms with Gasteiger partial charge in [0.15, 0.2) is 0 Å². The van der Waals surface area contributed by atoms with E-state index in [1.54, 1.807) is 0 Å². The number of rotatable bonds is 5. The molecule has 1 aliphatic heterocycles. The Balaban J connectivity index is 1.37. The fourth-order valence-corrected chi connectivity index (χ4v) is 4.26. The van der Waals surface area contributed by atoms with E-state index in [1.807, 2.05) is 19.1 Å². The SMILES string of the molecule is Cc1ccc2nc(C)c(C(=O)NCC3CCCN(Cc4ccccc4)C3)cc2c1. The number of benzene rings is 2. The summed E-state index contributed by atoms with van der Waals surface area (Å²) in [5, 5.41) is 4.19. The van der Waals surface area contributed by atoms with Crippen molar-refractivity contribution in [2.45, 2.75) is 33.2 Å². The Kier molecular flexibility index (Phi) is 5.91. The number of amides is 1. The average molecular weight is 388 g/mol. The zero-order chi connectivity index (χ0) is 20.2. The monoisotopic (exact) mass is 387 g/mol. The van der Waals surface area contributed by atoms with Crippen LogP contribution < -0.4 is 5.32 Å². The van der Waals surface area contributed by atoms with Gasteiger partial charge < -0.3 is 5.32 Å². The van der Waals surface area contributed by atoms with E-state index in [4.69, 9.17) is 0 Å². The molecule has 150 valence electrons. The van der Waals surface area contributed by atoms with Crippen LogP contribution in [0.2, 0.25) is 0 Å². The number of hydrogen-bond donors (Lipinski definition) is 1. The summed E-state index contributed by atoms with van der Waals surface area (Å²) in [7, 11) is 0. The van der Waals surface area contributed by atoms with Crippen molar-refractivity contribution in [3.63, 3.8) is 0 Å².